The molecule has 0 unspecified atom stereocenters. The van der Waals surface area contributed by atoms with E-state index in [9.17, 15) is 0 Å². The average molecular weight is 356 g/mol. The van der Waals surface area contributed by atoms with Crippen LogP contribution in [0.3, 0.4) is 0 Å². The second-order valence-corrected chi connectivity index (χ2v) is 5.67. The molecule has 6 heteroatoms. The lowest BCUT2D eigenvalue weighted by Crippen LogP contribution is -1.97. The Morgan fingerprint density at radius 2 is 2.04 bits per heavy atom. The van der Waals surface area contributed by atoms with Crippen LogP contribution in [0.5, 0.6) is 11.5 Å². The van der Waals surface area contributed by atoms with Crippen molar-refractivity contribution < 1.29 is 9.47 Å². The van der Waals surface area contributed by atoms with Crippen molar-refractivity contribution >= 4 is 34.4 Å². The predicted octanol–water partition coefficient (Wildman–Crippen LogP) is 4.74. The number of anilines is 1. The fraction of sp³-hybridized carbons (Fsp3) is 0.158. The summed E-state index contributed by atoms with van der Waals surface area (Å²) in [5.41, 5.74) is 5.62. The Morgan fingerprint density at radius 3 is 2.84 bits per heavy atom. The van der Waals surface area contributed by atoms with Gasteiger partial charge in [-0.05, 0) is 55.0 Å². The van der Waals surface area contributed by atoms with Gasteiger partial charge in [0.25, 0.3) is 0 Å². The van der Waals surface area contributed by atoms with E-state index < -0.39 is 0 Å². The molecule has 128 valence electrons. The molecule has 5 nitrogen and oxygen atoms in total. The Bertz CT molecular complexity index is 912. The first-order valence-electron chi connectivity index (χ1n) is 7.85. The number of hydrazone groups is 1. The molecule has 2 aromatic carbocycles. The second kappa shape index (κ2) is 7.85. The minimum absolute atomic E-state index is 0.588. The molecule has 0 bridgehead atoms. The van der Waals surface area contributed by atoms with E-state index in [1.807, 2.05) is 49.4 Å². The van der Waals surface area contributed by atoms with Gasteiger partial charge in [0.1, 0.15) is 0 Å². The lowest BCUT2D eigenvalue weighted by Gasteiger charge is -2.09. The molecule has 1 aromatic heterocycles. The topological polar surface area (TPSA) is 55.7 Å². The highest BCUT2D eigenvalue weighted by atomic mass is 35.5. The van der Waals surface area contributed by atoms with Crippen LogP contribution in [-0.2, 0) is 0 Å². The van der Waals surface area contributed by atoms with Gasteiger partial charge in [0.2, 0.25) is 0 Å². The van der Waals surface area contributed by atoms with Gasteiger partial charge in [-0.1, -0.05) is 11.6 Å². The van der Waals surface area contributed by atoms with Gasteiger partial charge >= 0.3 is 0 Å². The van der Waals surface area contributed by atoms with Crippen LogP contribution in [-0.4, -0.2) is 24.9 Å². The zero-order valence-electron chi connectivity index (χ0n) is 14.0. The van der Waals surface area contributed by atoms with Crippen LogP contribution in [0.4, 0.5) is 5.69 Å². The van der Waals surface area contributed by atoms with Crippen molar-refractivity contribution in [2.45, 2.75) is 6.92 Å². The van der Waals surface area contributed by atoms with E-state index in [0.29, 0.717) is 23.1 Å². The van der Waals surface area contributed by atoms with E-state index in [4.69, 9.17) is 21.1 Å². The molecule has 0 atom stereocenters. The number of hydrogen-bond acceptors (Lipinski definition) is 5. The average Bonchev–Trinajstić information content (AvgIpc) is 2.63. The summed E-state index contributed by atoms with van der Waals surface area (Å²) in [5, 5.41) is 5.91. The Labute approximate surface area is 151 Å². The van der Waals surface area contributed by atoms with Crippen LogP contribution in [0.1, 0.15) is 12.5 Å². The standard InChI is InChI=1S/C19H18ClN3O2/c1-3-25-18-7-4-13(10-19(18)24-2)12-22-23-16-8-9-21-17-11-14(20)5-6-15(16)17/h4-12H,3H2,1-2H3,(H,21,23)/b22-12+. The third-order valence-corrected chi connectivity index (χ3v) is 3.83. The van der Waals surface area contributed by atoms with E-state index in [1.54, 1.807) is 19.5 Å². The van der Waals surface area contributed by atoms with Crippen LogP contribution in [0.15, 0.2) is 53.8 Å². The molecule has 0 amide bonds. The number of fused-ring (bicyclic) bond motifs is 1. The van der Waals surface area contributed by atoms with Crippen LogP contribution in [0, 0.1) is 0 Å². The molecule has 0 spiro atoms. The minimum Gasteiger partial charge on any atom is -0.493 e. The molecule has 1 N–H and O–H groups in total. The summed E-state index contributed by atoms with van der Waals surface area (Å²) in [7, 11) is 1.62. The summed E-state index contributed by atoms with van der Waals surface area (Å²) in [6.07, 6.45) is 3.44. The highest BCUT2D eigenvalue weighted by Gasteiger charge is 2.04. The van der Waals surface area contributed by atoms with Crippen LogP contribution in [0.25, 0.3) is 10.9 Å². The Balaban J connectivity index is 1.80. The third kappa shape index (κ3) is 4.00. The van der Waals surface area contributed by atoms with Gasteiger partial charge in [-0.3, -0.25) is 10.4 Å². The Morgan fingerprint density at radius 1 is 1.16 bits per heavy atom. The molecule has 0 aliphatic carbocycles. The zero-order valence-corrected chi connectivity index (χ0v) is 14.7. The molecule has 3 aromatic rings. The fourth-order valence-corrected chi connectivity index (χ4v) is 2.60. The minimum atomic E-state index is 0.588. The maximum Gasteiger partial charge on any atom is 0.161 e. The molecule has 1 heterocycles. The van der Waals surface area contributed by atoms with Gasteiger partial charge in [-0.15, -0.1) is 0 Å². The first-order valence-corrected chi connectivity index (χ1v) is 8.23. The summed E-state index contributed by atoms with van der Waals surface area (Å²) in [6, 6.07) is 13.1. The van der Waals surface area contributed by atoms with Crippen molar-refractivity contribution in [3.63, 3.8) is 0 Å². The van der Waals surface area contributed by atoms with E-state index in [-0.39, 0.29) is 0 Å². The summed E-state index contributed by atoms with van der Waals surface area (Å²) in [5.74, 6) is 1.39. The normalized spacial score (nSPS) is 11.0. The Hall–Kier alpha value is -2.79. The van der Waals surface area contributed by atoms with Gasteiger partial charge in [0.05, 0.1) is 31.1 Å². The number of benzene rings is 2. The number of methoxy groups -OCH3 is 1. The molecule has 0 aliphatic rings. The van der Waals surface area contributed by atoms with Gasteiger partial charge in [-0.2, -0.15) is 5.10 Å². The van der Waals surface area contributed by atoms with Crippen LogP contribution >= 0.6 is 11.6 Å². The third-order valence-electron chi connectivity index (χ3n) is 3.59. The number of rotatable bonds is 6. The smallest absolute Gasteiger partial charge is 0.161 e. The first-order chi connectivity index (χ1) is 12.2. The zero-order chi connectivity index (χ0) is 17.6. The Kier molecular flexibility index (Phi) is 5.36. The molecule has 0 saturated carbocycles. The quantitative estimate of drug-likeness (QED) is 0.512. The van der Waals surface area contributed by atoms with Gasteiger partial charge in [0.15, 0.2) is 11.5 Å². The summed E-state index contributed by atoms with van der Waals surface area (Å²) >= 11 is 6.01. The van der Waals surface area contributed by atoms with Gasteiger partial charge in [-0.25, -0.2) is 0 Å². The number of ether oxygens (including phenoxy) is 2. The fourth-order valence-electron chi connectivity index (χ4n) is 2.43. The van der Waals surface area contributed by atoms with Crippen molar-refractivity contribution in [3.05, 3.63) is 59.2 Å². The number of pyridine rings is 1. The second-order valence-electron chi connectivity index (χ2n) is 5.23. The van der Waals surface area contributed by atoms with Crippen molar-refractivity contribution in [1.29, 1.82) is 0 Å². The number of nitrogens with one attached hydrogen (secondary N) is 1. The summed E-state index contributed by atoms with van der Waals surface area (Å²) < 4.78 is 10.9. The summed E-state index contributed by atoms with van der Waals surface area (Å²) in [6.45, 7) is 2.52. The van der Waals surface area contributed by atoms with Crippen molar-refractivity contribution in [1.82, 2.24) is 4.98 Å². The molecule has 0 aliphatic heterocycles. The van der Waals surface area contributed by atoms with Crippen molar-refractivity contribution in [3.8, 4) is 11.5 Å². The number of halogens is 1. The van der Waals surface area contributed by atoms with E-state index in [0.717, 1.165) is 22.2 Å². The predicted molar refractivity (Wildman–Crippen MR) is 102 cm³/mol. The monoisotopic (exact) mass is 355 g/mol. The maximum absolute atomic E-state index is 6.01. The first kappa shape index (κ1) is 17.0. The number of aromatic nitrogens is 1. The highest BCUT2D eigenvalue weighted by molar-refractivity contribution is 6.31. The van der Waals surface area contributed by atoms with Gasteiger partial charge in [0, 0.05) is 16.6 Å². The number of hydrogen-bond donors (Lipinski definition) is 1. The molecule has 0 radical (unpaired) electrons. The van der Waals surface area contributed by atoms with Crippen LogP contribution in [0.2, 0.25) is 5.02 Å². The molecule has 0 saturated heterocycles. The van der Waals surface area contributed by atoms with Gasteiger partial charge < -0.3 is 9.47 Å². The SMILES string of the molecule is CCOc1ccc(/C=N/Nc2ccnc3cc(Cl)ccc23)cc1OC. The lowest BCUT2D eigenvalue weighted by molar-refractivity contribution is 0.311. The summed E-state index contributed by atoms with van der Waals surface area (Å²) in [4.78, 5) is 4.31. The molecule has 3 rings (SSSR count). The van der Waals surface area contributed by atoms with E-state index in [1.165, 1.54) is 0 Å². The van der Waals surface area contributed by atoms with E-state index in [2.05, 4.69) is 15.5 Å². The van der Waals surface area contributed by atoms with Crippen LogP contribution < -0.4 is 14.9 Å². The molecule has 0 fully saturated rings. The molecule has 25 heavy (non-hydrogen) atoms. The molecular weight excluding hydrogens is 338 g/mol. The van der Waals surface area contributed by atoms with E-state index >= 15 is 0 Å². The lowest BCUT2D eigenvalue weighted by atomic mass is 10.2. The largest absolute Gasteiger partial charge is 0.493 e. The maximum atomic E-state index is 6.01. The number of nitrogens with zero attached hydrogens (tertiary/aromatic N) is 2. The van der Waals surface area contributed by atoms with Crippen molar-refractivity contribution in [2.75, 3.05) is 19.1 Å². The molecular formula is C19H18ClN3O2. The highest BCUT2D eigenvalue weighted by Crippen LogP contribution is 2.28. The van der Waals surface area contributed by atoms with Crippen molar-refractivity contribution in [2.24, 2.45) is 5.10 Å².